The number of rotatable bonds is 15. The van der Waals surface area contributed by atoms with Gasteiger partial charge in [0, 0.05) is 31.9 Å². The summed E-state index contributed by atoms with van der Waals surface area (Å²) in [6.45, 7) is 6.12. The highest BCUT2D eigenvalue weighted by Crippen LogP contribution is 2.22. The molecule has 190 valence electrons. The molecule has 0 aliphatic carbocycles. The first-order valence-corrected chi connectivity index (χ1v) is 14.8. The number of ether oxygens (including phenoxy) is 2. The minimum Gasteiger partial charge on any atom is -0.493 e. The van der Waals surface area contributed by atoms with E-state index < -0.39 is 26.0 Å². The molecule has 2 rings (SSSR count). The van der Waals surface area contributed by atoms with Gasteiger partial charge in [-0.15, -0.1) is 3.89 Å². The van der Waals surface area contributed by atoms with Crippen molar-refractivity contribution >= 4 is 25.9 Å². The highest BCUT2D eigenvalue weighted by Gasteiger charge is 2.25. The molecular formula is C22H37FN2O6S2. The minimum absolute atomic E-state index is 0.0460. The van der Waals surface area contributed by atoms with Gasteiger partial charge in [-0.25, -0.2) is 8.42 Å². The van der Waals surface area contributed by atoms with E-state index in [2.05, 4.69) is 13.8 Å². The summed E-state index contributed by atoms with van der Waals surface area (Å²) in [5, 5.41) is 0. The number of nitrogens with zero attached hydrogens (tertiary/aromatic N) is 2. The molecule has 1 aromatic carbocycles. The number of sulfonamides is 1. The van der Waals surface area contributed by atoms with Gasteiger partial charge in [-0.05, 0) is 36.6 Å². The van der Waals surface area contributed by atoms with E-state index in [1.165, 1.54) is 10.7 Å². The molecule has 0 spiro atoms. The van der Waals surface area contributed by atoms with Crippen LogP contribution >= 0.6 is 0 Å². The fraction of sp³-hybridized carbons (Fsp3) is 0.727. The Kier molecular flexibility index (Phi) is 11.3. The van der Waals surface area contributed by atoms with Crippen LogP contribution in [0, 0.1) is 5.92 Å². The van der Waals surface area contributed by atoms with Crippen LogP contribution in [0.5, 0.6) is 5.75 Å². The quantitative estimate of drug-likeness (QED) is 0.336. The van der Waals surface area contributed by atoms with Gasteiger partial charge in [-0.3, -0.25) is 0 Å². The second-order valence-corrected chi connectivity index (χ2v) is 11.9. The zero-order chi connectivity index (χ0) is 24.3. The third kappa shape index (κ3) is 10.2. The molecule has 1 fully saturated rings. The second-order valence-electron chi connectivity index (χ2n) is 8.28. The van der Waals surface area contributed by atoms with Crippen molar-refractivity contribution in [1.82, 2.24) is 4.31 Å². The van der Waals surface area contributed by atoms with Gasteiger partial charge in [-0.1, -0.05) is 33.1 Å². The fourth-order valence-electron chi connectivity index (χ4n) is 3.63. The van der Waals surface area contributed by atoms with Gasteiger partial charge < -0.3 is 14.4 Å². The average Bonchev–Trinajstić information content (AvgIpc) is 2.79. The molecule has 1 atom stereocenters. The van der Waals surface area contributed by atoms with Crippen molar-refractivity contribution in [3.8, 4) is 5.75 Å². The van der Waals surface area contributed by atoms with E-state index in [1.807, 2.05) is 0 Å². The predicted molar refractivity (Wildman–Crippen MR) is 129 cm³/mol. The van der Waals surface area contributed by atoms with E-state index in [0.29, 0.717) is 50.3 Å². The summed E-state index contributed by atoms with van der Waals surface area (Å²) < 4.78 is 73.1. The monoisotopic (exact) mass is 508 g/mol. The lowest BCUT2D eigenvalue weighted by Crippen LogP contribution is -2.44. The lowest BCUT2D eigenvalue weighted by molar-refractivity contribution is 0.0731. The lowest BCUT2D eigenvalue weighted by Gasteiger charge is -2.29. The Labute approximate surface area is 198 Å². The maximum atomic E-state index is 13.2. The van der Waals surface area contributed by atoms with Crippen molar-refractivity contribution in [3.63, 3.8) is 0 Å². The molecule has 1 unspecified atom stereocenters. The Morgan fingerprint density at radius 3 is 2.27 bits per heavy atom. The van der Waals surface area contributed by atoms with Crippen LogP contribution in [-0.4, -0.2) is 78.6 Å². The molecule has 0 amide bonds. The number of anilines is 1. The van der Waals surface area contributed by atoms with Crippen LogP contribution in [0.4, 0.5) is 9.57 Å². The summed E-state index contributed by atoms with van der Waals surface area (Å²) in [7, 11) is -8.21. The normalized spacial score (nSPS) is 16.5. The van der Waals surface area contributed by atoms with Gasteiger partial charge in [-0.2, -0.15) is 12.7 Å². The third-order valence-electron chi connectivity index (χ3n) is 5.82. The average molecular weight is 509 g/mol. The third-order valence-corrected chi connectivity index (χ3v) is 8.34. The Bertz CT molecular complexity index is 903. The Balaban J connectivity index is 2.03. The molecule has 33 heavy (non-hydrogen) atoms. The summed E-state index contributed by atoms with van der Waals surface area (Å²) in [5.41, 5.74) is 0.612. The summed E-state index contributed by atoms with van der Waals surface area (Å²) >= 11 is 0. The highest BCUT2D eigenvalue weighted by molar-refractivity contribution is 7.89. The van der Waals surface area contributed by atoms with Crippen molar-refractivity contribution < 1.29 is 30.2 Å². The number of benzene rings is 1. The number of unbranched alkanes of at least 4 members (excludes halogenated alkanes) is 1. The largest absolute Gasteiger partial charge is 0.493 e. The van der Waals surface area contributed by atoms with Crippen molar-refractivity contribution in [2.45, 2.75) is 39.5 Å². The number of halogens is 1. The van der Waals surface area contributed by atoms with E-state index in [0.717, 1.165) is 19.3 Å². The van der Waals surface area contributed by atoms with Gasteiger partial charge in [0.1, 0.15) is 5.75 Å². The maximum Gasteiger partial charge on any atom is 0.304 e. The molecule has 0 bridgehead atoms. The van der Waals surface area contributed by atoms with E-state index in [-0.39, 0.29) is 18.8 Å². The molecule has 1 heterocycles. The smallest absolute Gasteiger partial charge is 0.304 e. The number of hydrogen-bond donors (Lipinski definition) is 0. The van der Waals surface area contributed by atoms with Crippen LogP contribution in [0.2, 0.25) is 0 Å². The Hall–Kier alpha value is -1.43. The van der Waals surface area contributed by atoms with E-state index in [1.54, 1.807) is 29.2 Å². The van der Waals surface area contributed by atoms with Crippen molar-refractivity contribution in [2.75, 3.05) is 62.4 Å². The summed E-state index contributed by atoms with van der Waals surface area (Å²) in [4.78, 5) is 1.58. The Morgan fingerprint density at radius 2 is 1.70 bits per heavy atom. The lowest BCUT2D eigenvalue weighted by atomic mass is 10.0. The van der Waals surface area contributed by atoms with Gasteiger partial charge in [0.2, 0.25) is 10.0 Å². The van der Waals surface area contributed by atoms with E-state index >= 15 is 0 Å². The Morgan fingerprint density at radius 1 is 1.06 bits per heavy atom. The van der Waals surface area contributed by atoms with E-state index in [4.69, 9.17) is 9.47 Å². The molecule has 1 aromatic rings. The number of morpholine rings is 1. The summed E-state index contributed by atoms with van der Waals surface area (Å²) in [6.07, 6.45) is 4.48. The topological polar surface area (TPSA) is 93.2 Å². The molecule has 1 aliphatic heterocycles. The van der Waals surface area contributed by atoms with E-state index in [9.17, 15) is 20.7 Å². The van der Waals surface area contributed by atoms with Crippen LogP contribution in [0.15, 0.2) is 24.3 Å². The van der Waals surface area contributed by atoms with Crippen LogP contribution < -0.4 is 9.64 Å². The number of hydrogen-bond acceptors (Lipinski definition) is 7. The first kappa shape index (κ1) is 27.8. The molecule has 8 nitrogen and oxygen atoms in total. The molecule has 1 aliphatic rings. The molecule has 0 radical (unpaired) electrons. The van der Waals surface area contributed by atoms with Gasteiger partial charge in [0.25, 0.3) is 0 Å². The van der Waals surface area contributed by atoms with Crippen molar-refractivity contribution in [3.05, 3.63) is 24.3 Å². The van der Waals surface area contributed by atoms with Gasteiger partial charge >= 0.3 is 10.2 Å². The summed E-state index contributed by atoms with van der Waals surface area (Å²) in [5.74, 6) is 0.264. The van der Waals surface area contributed by atoms with Gasteiger partial charge in [0.15, 0.2) is 0 Å². The van der Waals surface area contributed by atoms with Crippen molar-refractivity contribution in [1.29, 1.82) is 0 Å². The minimum atomic E-state index is -4.68. The fourth-order valence-corrected chi connectivity index (χ4v) is 5.49. The maximum absolute atomic E-state index is 13.2. The van der Waals surface area contributed by atoms with Crippen LogP contribution in [0.25, 0.3) is 0 Å². The molecule has 1 saturated heterocycles. The summed E-state index contributed by atoms with van der Waals surface area (Å²) in [6, 6.07) is 7.04. The van der Waals surface area contributed by atoms with Crippen LogP contribution in [0.1, 0.15) is 39.5 Å². The predicted octanol–water partition coefficient (Wildman–Crippen LogP) is 3.05. The van der Waals surface area contributed by atoms with Crippen molar-refractivity contribution in [2.24, 2.45) is 5.92 Å². The molecular weight excluding hydrogens is 471 g/mol. The van der Waals surface area contributed by atoms with Crippen LogP contribution in [0.3, 0.4) is 0 Å². The zero-order valence-electron chi connectivity index (χ0n) is 19.6. The molecule has 0 aromatic heterocycles. The SMILES string of the molecule is CCCCC(CC)COc1ccc(N(CCS(=O)(=O)F)CCS(=O)(=O)N2CCOCC2)cc1. The molecule has 0 saturated carbocycles. The van der Waals surface area contributed by atoms with Crippen LogP contribution in [-0.2, 0) is 25.0 Å². The molecule has 0 N–H and O–H groups in total. The highest BCUT2D eigenvalue weighted by atomic mass is 32.3. The zero-order valence-corrected chi connectivity index (χ0v) is 21.3. The second kappa shape index (κ2) is 13.5. The molecule has 11 heteroatoms. The van der Waals surface area contributed by atoms with Gasteiger partial charge in [0.05, 0.1) is 31.3 Å². The first-order valence-electron chi connectivity index (χ1n) is 11.6. The first-order chi connectivity index (χ1) is 15.6. The standard InChI is InChI=1S/C22H37FN2O6S2/c1-3-5-6-20(4-2)19-31-22-9-7-21(8-10-22)24(13-17-32(23,26)27)14-18-33(28,29)25-11-15-30-16-12-25/h7-10,20H,3-6,11-19H2,1-2H3.